The zero-order valence-corrected chi connectivity index (χ0v) is 21.4. The summed E-state index contributed by atoms with van der Waals surface area (Å²) >= 11 is 0. The van der Waals surface area contributed by atoms with Gasteiger partial charge in [-0.1, -0.05) is 60.7 Å². The van der Waals surface area contributed by atoms with Gasteiger partial charge in [-0.05, 0) is 54.6 Å². The van der Waals surface area contributed by atoms with Crippen molar-refractivity contribution >= 4 is 43.6 Å². The van der Waals surface area contributed by atoms with Gasteiger partial charge < -0.3 is 0 Å². The quantitative estimate of drug-likeness (QED) is 0.176. The molecule has 5 aromatic heterocycles. The Balaban J connectivity index is 1.28. The molecule has 0 spiro atoms. The molecule has 0 N–H and O–H groups in total. The van der Waals surface area contributed by atoms with Crippen LogP contribution in [0.1, 0.15) is 0 Å². The number of hydrogen-bond acceptors (Lipinski definition) is 5. The Hall–Kier alpha value is -5.55. The van der Waals surface area contributed by atoms with Gasteiger partial charge in [0.2, 0.25) is 0 Å². The zero-order chi connectivity index (χ0) is 26.5. The number of aromatic nitrogens is 5. The topological polar surface area (TPSA) is 64.5 Å². The van der Waals surface area contributed by atoms with Crippen molar-refractivity contribution in [3.63, 3.8) is 0 Å². The predicted octanol–water partition coefficient (Wildman–Crippen LogP) is 8.28. The van der Waals surface area contributed by atoms with Gasteiger partial charge >= 0.3 is 0 Å². The summed E-state index contributed by atoms with van der Waals surface area (Å²) in [6, 6.07) is 39.0. The summed E-state index contributed by atoms with van der Waals surface area (Å²) in [6.07, 6.45) is 3.61. The van der Waals surface area contributed by atoms with Crippen molar-refractivity contribution in [3.05, 3.63) is 128 Å². The number of hydrogen-bond donors (Lipinski definition) is 0. The fourth-order valence-corrected chi connectivity index (χ4v) is 5.45. The lowest BCUT2D eigenvalue weighted by Crippen LogP contribution is -1.94. The molecule has 0 saturated carbocycles. The number of fused-ring (bicyclic) bond motifs is 5. The molecule has 0 unspecified atom stereocenters. The molecule has 0 aliphatic heterocycles. The highest BCUT2D eigenvalue weighted by Crippen LogP contribution is 2.37. The zero-order valence-electron chi connectivity index (χ0n) is 21.4. The van der Waals surface area contributed by atoms with Gasteiger partial charge in [0.25, 0.3) is 0 Å². The van der Waals surface area contributed by atoms with Crippen LogP contribution in [0, 0.1) is 0 Å². The average Bonchev–Trinajstić information content (AvgIpc) is 3.03. The summed E-state index contributed by atoms with van der Waals surface area (Å²) in [5.74, 6) is 0. The molecule has 0 fully saturated rings. The maximum Gasteiger partial charge on any atom is 0.0979 e. The van der Waals surface area contributed by atoms with Crippen LogP contribution in [0.25, 0.3) is 77.5 Å². The first kappa shape index (κ1) is 22.4. The van der Waals surface area contributed by atoms with E-state index in [0.29, 0.717) is 0 Å². The molecule has 0 amide bonds. The molecule has 8 rings (SSSR count). The third-order valence-electron chi connectivity index (χ3n) is 7.34. The first-order valence-corrected chi connectivity index (χ1v) is 13.2. The van der Waals surface area contributed by atoms with Gasteiger partial charge in [-0.15, -0.1) is 0 Å². The molecule has 186 valence electrons. The molecule has 5 heteroatoms. The molecule has 40 heavy (non-hydrogen) atoms. The van der Waals surface area contributed by atoms with Gasteiger partial charge in [-0.25, -0.2) is 15.0 Å². The molecular weight excluding hydrogens is 490 g/mol. The first-order chi connectivity index (χ1) is 19.8. The first-order valence-electron chi connectivity index (χ1n) is 13.2. The Morgan fingerprint density at radius 3 is 2.20 bits per heavy atom. The van der Waals surface area contributed by atoms with Crippen LogP contribution in [-0.4, -0.2) is 24.9 Å². The number of rotatable bonds is 3. The summed E-state index contributed by atoms with van der Waals surface area (Å²) in [7, 11) is 0. The third kappa shape index (κ3) is 3.68. The smallest absolute Gasteiger partial charge is 0.0979 e. The Kier molecular flexibility index (Phi) is 5.07. The number of nitrogens with zero attached hydrogens (tertiary/aromatic N) is 5. The Labute approximate surface area is 229 Å². The maximum absolute atomic E-state index is 5.15. The van der Waals surface area contributed by atoms with Crippen LogP contribution in [0.2, 0.25) is 0 Å². The van der Waals surface area contributed by atoms with Crippen LogP contribution in [0.3, 0.4) is 0 Å². The van der Waals surface area contributed by atoms with Crippen LogP contribution >= 0.6 is 0 Å². The van der Waals surface area contributed by atoms with E-state index >= 15 is 0 Å². The Morgan fingerprint density at radius 1 is 0.400 bits per heavy atom. The van der Waals surface area contributed by atoms with E-state index in [2.05, 4.69) is 76.7 Å². The van der Waals surface area contributed by atoms with Crippen LogP contribution < -0.4 is 0 Å². The molecule has 5 heterocycles. The minimum Gasteiger partial charge on any atom is -0.255 e. The molecule has 0 saturated heterocycles. The van der Waals surface area contributed by atoms with E-state index in [0.717, 1.165) is 77.5 Å². The van der Waals surface area contributed by atoms with E-state index < -0.39 is 0 Å². The van der Waals surface area contributed by atoms with Gasteiger partial charge in [-0.3, -0.25) is 9.97 Å². The van der Waals surface area contributed by atoms with E-state index in [1.165, 1.54) is 0 Å². The summed E-state index contributed by atoms with van der Waals surface area (Å²) in [5.41, 5.74) is 9.28. The monoisotopic (exact) mass is 511 g/mol. The predicted molar refractivity (Wildman–Crippen MR) is 162 cm³/mol. The SMILES string of the molecule is c1ccc(-c2cccc(-c3ccc4nc(-c5c6ccccc6nc6c5ccc5cccnc56)ccc4c3)n2)nc1. The number of benzene rings is 3. The fraction of sp³-hybridized carbons (Fsp3) is 0. The Morgan fingerprint density at radius 2 is 1.25 bits per heavy atom. The van der Waals surface area contributed by atoms with E-state index in [1.807, 2.05) is 54.7 Å². The lowest BCUT2D eigenvalue weighted by atomic mass is 9.97. The average molecular weight is 512 g/mol. The fourth-order valence-electron chi connectivity index (χ4n) is 5.45. The van der Waals surface area contributed by atoms with Crippen molar-refractivity contribution in [2.24, 2.45) is 0 Å². The summed E-state index contributed by atoms with van der Waals surface area (Å²) in [5, 5.41) is 4.25. The summed E-state index contributed by atoms with van der Waals surface area (Å²) < 4.78 is 0. The molecule has 0 aliphatic rings. The maximum atomic E-state index is 5.15. The van der Waals surface area contributed by atoms with Crippen molar-refractivity contribution in [1.29, 1.82) is 0 Å². The van der Waals surface area contributed by atoms with Crippen LogP contribution in [0.4, 0.5) is 0 Å². The van der Waals surface area contributed by atoms with Crippen molar-refractivity contribution in [2.75, 3.05) is 0 Å². The molecule has 8 aromatic rings. The van der Waals surface area contributed by atoms with Crippen molar-refractivity contribution < 1.29 is 0 Å². The van der Waals surface area contributed by atoms with Crippen LogP contribution in [0.15, 0.2) is 128 Å². The normalized spacial score (nSPS) is 11.5. The van der Waals surface area contributed by atoms with Crippen molar-refractivity contribution in [1.82, 2.24) is 24.9 Å². The summed E-state index contributed by atoms with van der Waals surface area (Å²) in [4.78, 5) is 24.2. The second-order valence-corrected chi connectivity index (χ2v) is 9.77. The van der Waals surface area contributed by atoms with Crippen LogP contribution in [0.5, 0.6) is 0 Å². The van der Waals surface area contributed by atoms with E-state index in [9.17, 15) is 0 Å². The molecule has 3 aromatic carbocycles. The summed E-state index contributed by atoms with van der Waals surface area (Å²) in [6.45, 7) is 0. The van der Waals surface area contributed by atoms with Crippen LogP contribution in [-0.2, 0) is 0 Å². The standard InChI is InChI=1S/C35H21N5/c1-2-9-29-25(8-1)33(26-16-13-22-7-6-20-37-34(22)35(26)40-29)32-18-15-24-21-23(14-17-28(24)39-32)27-11-5-12-31(38-27)30-10-3-4-19-36-30/h1-21H. The highest BCUT2D eigenvalue weighted by atomic mass is 14.8. The van der Waals surface area contributed by atoms with Gasteiger partial charge in [0, 0.05) is 45.1 Å². The second-order valence-electron chi connectivity index (χ2n) is 9.77. The lowest BCUT2D eigenvalue weighted by Gasteiger charge is -2.13. The number of pyridine rings is 5. The molecule has 0 radical (unpaired) electrons. The largest absolute Gasteiger partial charge is 0.255 e. The van der Waals surface area contributed by atoms with Gasteiger partial charge in [0.15, 0.2) is 0 Å². The van der Waals surface area contributed by atoms with Gasteiger partial charge in [-0.2, -0.15) is 0 Å². The molecular formula is C35H21N5. The minimum absolute atomic E-state index is 0.852. The Bertz CT molecular complexity index is 2220. The minimum atomic E-state index is 0.852. The highest BCUT2D eigenvalue weighted by Gasteiger charge is 2.15. The van der Waals surface area contributed by atoms with Gasteiger partial charge in [0.1, 0.15) is 0 Å². The second kappa shape index (κ2) is 9.03. The molecule has 5 nitrogen and oxygen atoms in total. The third-order valence-corrected chi connectivity index (χ3v) is 7.34. The molecule has 0 bridgehead atoms. The number of para-hydroxylation sites is 1. The molecule has 0 aliphatic carbocycles. The lowest BCUT2D eigenvalue weighted by molar-refractivity contribution is 1.25. The van der Waals surface area contributed by atoms with E-state index in [4.69, 9.17) is 15.0 Å². The van der Waals surface area contributed by atoms with E-state index in [-0.39, 0.29) is 0 Å². The van der Waals surface area contributed by atoms with Crippen molar-refractivity contribution in [3.8, 4) is 33.9 Å². The van der Waals surface area contributed by atoms with Crippen molar-refractivity contribution in [2.45, 2.75) is 0 Å². The van der Waals surface area contributed by atoms with E-state index in [1.54, 1.807) is 6.20 Å². The van der Waals surface area contributed by atoms with Gasteiger partial charge in [0.05, 0.1) is 44.8 Å². The molecule has 0 atom stereocenters. The highest BCUT2D eigenvalue weighted by molar-refractivity contribution is 6.15.